The van der Waals surface area contributed by atoms with Crippen molar-refractivity contribution in [1.29, 1.82) is 0 Å². The van der Waals surface area contributed by atoms with Gasteiger partial charge in [-0.3, -0.25) is 4.79 Å². The topological polar surface area (TPSA) is 67.4 Å². The third kappa shape index (κ3) is 6.63. The fourth-order valence-corrected chi connectivity index (χ4v) is 0.388. The van der Waals surface area contributed by atoms with Crippen molar-refractivity contribution in [2.24, 2.45) is 0 Å². The quantitative estimate of drug-likeness (QED) is 0.552. The lowest BCUT2D eigenvalue weighted by Gasteiger charge is -2.02. The third-order valence-corrected chi connectivity index (χ3v) is 0.858. The van der Waals surface area contributed by atoms with E-state index in [2.05, 4.69) is 15.4 Å². The van der Waals surface area contributed by atoms with Crippen LogP contribution in [-0.2, 0) is 9.53 Å². The van der Waals surface area contributed by atoms with E-state index >= 15 is 0 Å². The Balaban J connectivity index is 3.14. The van der Waals surface area contributed by atoms with Crippen LogP contribution in [0, 0.1) is 6.54 Å². The number of rotatable bonds is 3. The summed E-state index contributed by atoms with van der Waals surface area (Å²) >= 11 is 0. The van der Waals surface area contributed by atoms with Gasteiger partial charge in [-0.15, -0.1) is 0 Å². The highest BCUT2D eigenvalue weighted by atomic mass is 16.5. The maximum atomic E-state index is 10.4. The third-order valence-electron chi connectivity index (χ3n) is 0.858. The summed E-state index contributed by atoms with van der Waals surface area (Å²) in [6.07, 6.45) is -0.546. The van der Waals surface area contributed by atoms with E-state index in [4.69, 9.17) is 0 Å². The van der Waals surface area contributed by atoms with Gasteiger partial charge < -0.3 is 15.4 Å². The molecule has 0 aliphatic rings. The Labute approximate surface area is 65.1 Å². The zero-order valence-electron chi connectivity index (χ0n) is 6.51. The van der Waals surface area contributed by atoms with E-state index in [0.717, 1.165) is 0 Å². The van der Waals surface area contributed by atoms with E-state index in [9.17, 15) is 9.59 Å². The van der Waals surface area contributed by atoms with Gasteiger partial charge in [-0.1, -0.05) is 0 Å². The Bertz CT molecular complexity index is 147. The number of nitrogens with one attached hydrogen (secondary N) is 2. The summed E-state index contributed by atoms with van der Waals surface area (Å²) in [6, 6.07) is 0. The number of methoxy groups -OCH3 is 1. The molecule has 0 fully saturated rings. The van der Waals surface area contributed by atoms with Crippen LogP contribution in [0.25, 0.3) is 0 Å². The van der Waals surface area contributed by atoms with Gasteiger partial charge in [0.15, 0.2) is 0 Å². The summed E-state index contributed by atoms with van der Waals surface area (Å²) in [6.45, 7) is 3.09. The average molecular weight is 159 g/mol. The molecule has 0 heterocycles. The van der Waals surface area contributed by atoms with Crippen LogP contribution >= 0.6 is 0 Å². The van der Waals surface area contributed by atoms with Crippen LogP contribution in [0.15, 0.2) is 0 Å². The van der Waals surface area contributed by atoms with Crippen molar-refractivity contribution in [2.45, 2.75) is 6.92 Å². The SMILES string of the molecule is COC(=O)N[CH]CNC(C)=O. The molecule has 1 radical (unpaired) electrons. The molecule has 2 amide bonds. The molecule has 0 aliphatic heterocycles. The summed E-state index contributed by atoms with van der Waals surface area (Å²) in [4.78, 5) is 20.7. The molecule has 11 heavy (non-hydrogen) atoms. The molecule has 0 bridgehead atoms. The van der Waals surface area contributed by atoms with E-state index in [-0.39, 0.29) is 5.91 Å². The molecule has 0 aromatic rings. The van der Waals surface area contributed by atoms with Crippen LogP contribution in [0.3, 0.4) is 0 Å². The zero-order chi connectivity index (χ0) is 8.69. The Kier molecular flexibility index (Phi) is 4.89. The lowest BCUT2D eigenvalue weighted by molar-refractivity contribution is -0.118. The molecule has 0 aliphatic carbocycles. The molecule has 0 aromatic carbocycles. The maximum Gasteiger partial charge on any atom is 0.407 e. The van der Waals surface area contributed by atoms with Crippen molar-refractivity contribution in [3.8, 4) is 0 Å². The van der Waals surface area contributed by atoms with Crippen molar-refractivity contribution in [2.75, 3.05) is 13.7 Å². The summed E-state index contributed by atoms with van der Waals surface area (Å²) in [5.74, 6) is -0.145. The van der Waals surface area contributed by atoms with E-state index in [0.29, 0.717) is 6.54 Å². The van der Waals surface area contributed by atoms with Gasteiger partial charge in [0.05, 0.1) is 13.7 Å². The first kappa shape index (κ1) is 9.74. The zero-order valence-corrected chi connectivity index (χ0v) is 6.51. The predicted molar refractivity (Wildman–Crippen MR) is 38.5 cm³/mol. The van der Waals surface area contributed by atoms with Crippen molar-refractivity contribution in [3.05, 3.63) is 6.54 Å². The van der Waals surface area contributed by atoms with Crippen LogP contribution in [0.4, 0.5) is 4.79 Å². The molecule has 5 nitrogen and oxygen atoms in total. The van der Waals surface area contributed by atoms with Crippen LogP contribution < -0.4 is 10.6 Å². The van der Waals surface area contributed by atoms with Crippen LogP contribution in [0.2, 0.25) is 0 Å². The molecule has 0 saturated carbocycles. The highest BCUT2D eigenvalue weighted by Gasteiger charge is 1.96. The predicted octanol–water partition coefficient (Wildman–Crippen LogP) is -0.360. The second-order valence-corrected chi connectivity index (χ2v) is 1.78. The molecule has 0 aromatic heterocycles. The minimum absolute atomic E-state index is 0.145. The molecule has 63 valence electrons. The minimum Gasteiger partial charge on any atom is -0.453 e. The van der Waals surface area contributed by atoms with Crippen molar-refractivity contribution in [1.82, 2.24) is 10.6 Å². The second-order valence-electron chi connectivity index (χ2n) is 1.78. The first-order chi connectivity index (χ1) is 5.16. The normalized spacial score (nSPS) is 8.55. The van der Waals surface area contributed by atoms with Crippen LogP contribution in [0.5, 0.6) is 0 Å². The van der Waals surface area contributed by atoms with E-state index < -0.39 is 6.09 Å². The Hall–Kier alpha value is -1.26. The van der Waals surface area contributed by atoms with Gasteiger partial charge in [-0.25, -0.2) is 4.79 Å². The number of ether oxygens (including phenoxy) is 1. The van der Waals surface area contributed by atoms with Gasteiger partial charge in [-0.05, 0) is 0 Å². The summed E-state index contributed by atoms with van der Waals surface area (Å²) in [5, 5.41) is 4.75. The number of alkyl carbamates (subject to hydrolysis) is 1. The molecular formula is C6H11N2O3. The smallest absolute Gasteiger partial charge is 0.407 e. The number of hydrogen-bond acceptors (Lipinski definition) is 3. The summed E-state index contributed by atoms with van der Waals surface area (Å²) in [5.41, 5.74) is 0. The number of carbonyl (C=O) groups excluding carboxylic acids is 2. The first-order valence-corrected chi connectivity index (χ1v) is 3.07. The molecule has 0 saturated heterocycles. The van der Waals surface area contributed by atoms with Gasteiger partial charge in [0.25, 0.3) is 0 Å². The molecule has 0 unspecified atom stereocenters. The molecule has 2 N–H and O–H groups in total. The van der Waals surface area contributed by atoms with Crippen LogP contribution in [0.1, 0.15) is 6.92 Å². The number of amides is 2. The summed E-state index contributed by atoms with van der Waals surface area (Å²) in [7, 11) is 1.27. The van der Waals surface area contributed by atoms with E-state index in [1.165, 1.54) is 20.6 Å². The highest BCUT2D eigenvalue weighted by molar-refractivity contribution is 5.73. The van der Waals surface area contributed by atoms with Crippen molar-refractivity contribution < 1.29 is 14.3 Å². The first-order valence-electron chi connectivity index (χ1n) is 3.07. The van der Waals surface area contributed by atoms with E-state index in [1.807, 2.05) is 0 Å². The lowest BCUT2D eigenvalue weighted by atomic mass is 10.6. The maximum absolute atomic E-state index is 10.4. The van der Waals surface area contributed by atoms with Crippen molar-refractivity contribution >= 4 is 12.0 Å². The van der Waals surface area contributed by atoms with Gasteiger partial charge in [0.1, 0.15) is 0 Å². The molecule has 0 rings (SSSR count). The average Bonchev–Trinajstić information content (AvgIpc) is 1.97. The monoisotopic (exact) mass is 159 g/mol. The molecular weight excluding hydrogens is 148 g/mol. The van der Waals surface area contributed by atoms with Gasteiger partial charge >= 0.3 is 6.09 Å². The lowest BCUT2D eigenvalue weighted by Crippen LogP contribution is -2.29. The highest BCUT2D eigenvalue weighted by Crippen LogP contribution is 1.73. The fraction of sp³-hybridized carbons (Fsp3) is 0.500. The summed E-state index contributed by atoms with van der Waals surface area (Å²) < 4.78 is 4.26. The standard InChI is InChI=1S/C6H11N2O3/c1-5(9)7-3-4-8-6(10)11-2/h4H,3H2,1-2H3,(H,7,9)(H,8,10). The van der Waals surface area contributed by atoms with Gasteiger partial charge in [0.2, 0.25) is 5.91 Å². The van der Waals surface area contributed by atoms with Crippen LogP contribution in [-0.4, -0.2) is 25.7 Å². The Morgan fingerprint density at radius 1 is 1.55 bits per heavy atom. The number of carbonyl (C=O) groups is 2. The van der Waals surface area contributed by atoms with Crippen molar-refractivity contribution in [3.63, 3.8) is 0 Å². The molecule has 5 heteroatoms. The van der Waals surface area contributed by atoms with E-state index in [1.54, 1.807) is 0 Å². The largest absolute Gasteiger partial charge is 0.453 e. The fourth-order valence-electron chi connectivity index (χ4n) is 0.388. The number of hydrogen-bond donors (Lipinski definition) is 2. The Morgan fingerprint density at radius 3 is 2.64 bits per heavy atom. The molecule has 0 atom stereocenters. The second kappa shape index (κ2) is 5.52. The molecule has 0 spiro atoms. The minimum atomic E-state index is -0.546. The van der Waals surface area contributed by atoms with Gasteiger partial charge in [-0.2, -0.15) is 0 Å². The Morgan fingerprint density at radius 2 is 2.18 bits per heavy atom. The van der Waals surface area contributed by atoms with Gasteiger partial charge in [0, 0.05) is 13.5 Å².